The van der Waals surface area contributed by atoms with E-state index in [0.717, 1.165) is 10.2 Å². The van der Waals surface area contributed by atoms with Crippen LogP contribution in [0.15, 0.2) is 57.9 Å². The van der Waals surface area contributed by atoms with Gasteiger partial charge in [0.1, 0.15) is 5.75 Å². The zero-order valence-electron chi connectivity index (χ0n) is 11.5. The van der Waals surface area contributed by atoms with Gasteiger partial charge in [0.05, 0.1) is 10.8 Å². The van der Waals surface area contributed by atoms with Crippen LogP contribution in [0.1, 0.15) is 0 Å². The Labute approximate surface area is 134 Å². The van der Waals surface area contributed by atoms with Crippen molar-refractivity contribution in [2.75, 3.05) is 23.4 Å². The predicted octanol–water partition coefficient (Wildman–Crippen LogP) is 2.80. The van der Waals surface area contributed by atoms with Crippen LogP contribution in [0, 0.1) is 0 Å². The van der Waals surface area contributed by atoms with Gasteiger partial charge >= 0.3 is 0 Å². The highest BCUT2D eigenvalue weighted by molar-refractivity contribution is 9.10. The molecule has 2 rings (SSSR count). The van der Waals surface area contributed by atoms with Gasteiger partial charge in [-0.15, -0.1) is 0 Å². The summed E-state index contributed by atoms with van der Waals surface area (Å²) >= 11 is 3.32. The van der Waals surface area contributed by atoms with Crippen molar-refractivity contribution in [2.45, 2.75) is 4.90 Å². The summed E-state index contributed by atoms with van der Waals surface area (Å²) in [5, 5.41) is 0. The lowest BCUT2D eigenvalue weighted by molar-refractivity contribution is -0.115. The average Bonchev–Trinajstić information content (AvgIpc) is 2.47. The highest BCUT2D eigenvalue weighted by Crippen LogP contribution is 2.17. The predicted molar refractivity (Wildman–Crippen MR) is 89.7 cm³/mol. The Bertz CT molecular complexity index is 656. The van der Waals surface area contributed by atoms with Crippen LogP contribution in [0.3, 0.4) is 0 Å². The SMILES string of the molecule is CN(C(=O)CS(=O)c1ccc(Br)cc1)c1ccc(N)cc1. The molecule has 2 aromatic rings. The minimum absolute atomic E-state index is 0.0531. The second kappa shape index (κ2) is 6.87. The highest BCUT2D eigenvalue weighted by atomic mass is 79.9. The number of rotatable bonds is 4. The van der Waals surface area contributed by atoms with Crippen LogP contribution in [-0.4, -0.2) is 22.9 Å². The van der Waals surface area contributed by atoms with E-state index in [0.29, 0.717) is 10.6 Å². The monoisotopic (exact) mass is 366 g/mol. The summed E-state index contributed by atoms with van der Waals surface area (Å²) in [6, 6.07) is 14.1. The molecule has 0 aliphatic heterocycles. The quantitative estimate of drug-likeness (QED) is 0.846. The summed E-state index contributed by atoms with van der Waals surface area (Å²) in [6.07, 6.45) is 0. The molecular weight excluding hydrogens is 352 g/mol. The zero-order chi connectivity index (χ0) is 15.4. The first-order valence-corrected chi connectivity index (χ1v) is 8.34. The van der Waals surface area contributed by atoms with Crippen molar-refractivity contribution in [2.24, 2.45) is 0 Å². The van der Waals surface area contributed by atoms with Crippen LogP contribution in [0.5, 0.6) is 0 Å². The third-order valence-electron chi connectivity index (χ3n) is 2.99. The summed E-state index contributed by atoms with van der Waals surface area (Å²) in [6.45, 7) is 0. The molecule has 1 atom stereocenters. The van der Waals surface area contributed by atoms with E-state index < -0.39 is 10.8 Å². The van der Waals surface area contributed by atoms with Crippen LogP contribution in [0.25, 0.3) is 0 Å². The smallest absolute Gasteiger partial charge is 0.239 e. The van der Waals surface area contributed by atoms with Gasteiger partial charge in [0.25, 0.3) is 0 Å². The second-order valence-corrected chi connectivity index (χ2v) is 6.85. The summed E-state index contributed by atoms with van der Waals surface area (Å²) < 4.78 is 13.1. The largest absolute Gasteiger partial charge is 0.399 e. The van der Waals surface area contributed by atoms with E-state index in [4.69, 9.17) is 5.73 Å². The summed E-state index contributed by atoms with van der Waals surface area (Å²) in [4.78, 5) is 14.3. The molecule has 0 spiro atoms. The fourth-order valence-corrected chi connectivity index (χ4v) is 3.01. The Morgan fingerprint density at radius 1 is 1.14 bits per heavy atom. The normalized spacial score (nSPS) is 11.9. The van der Waals surface area contributed by atoms with Gasteiger partial charge in [-0.05, 0) is 48.5 Å². The van der Waals surface area contributed by atoms with E-state index in [-0.39, 0.29) is 11.7 Å². The van der Waals surface area contributed by atoms with Gasteiger partial charge in [-0.1, -0.05) is 15.9 Å². The number of hydrogen-bond acceptors (Lipinski definition) is 3. The Morgan fingerprint density at radius 3 is 2.29 bits per heavy atom. The Morgan fingerprint density at radius 2 is 1.71 bits per heavy atom. The minimum Gasteiger partial charge on any atom is -0.399 e. The van der Waals surface area contributed by atoms with E-state index in [9.17, 15) is 9.00 Å². The standard InChI is InChI=1S/C15H15BrN2O2S/c1-18(13-6-4-12(17)5-7-13)15(19)10-21(20)14-8-2-11(16)3-9-14/h2-9H,10,17H2,1H3. The number of nitrogens with zero attached hydrogens (tertiary/aromatic N) is 1. The van der Waals surface area contributed by atoms with Gasteiger partial charge < -0.3 is 10.6 Å². The number of halogens is 1. The van der Waals surface area contributed by atoms with Crippen molar-refractivity contribution in [3.63, 3.8) is 0 Å². The second-order valence-electron chi connectivity index (χ2n) is 4.49. The number of anilines is 2. The average molecular weight is 367 g/mol. The molecule has 2 N–H and O–H groups in total. The fourth-order valence-electron chi connectivity index (χ4n) is 1.72. The van der Waals surface area contributed by atoms with Crippen molar-refractivity contribution < 1.29 is 9.00 Å². The van der Waals surface area contributed by atoms with Crippen LogP contribution in [0.4, 0.5) is 11.4 Å². The summed E-state index contributed by atoms with van der Waals surface area (Å²) in [5.41, 5.74) is 6.98. The molecule has 0 heterocycles. The van der Waals surface area contributed by atoms with Crippen LogP contribution >= 0.6 is 15.9 Å². The minimum atomic E-state index is -1.36. The Balaban J connectivity index is 2.05. The van der Waals surface area contributed by atoms with Crippen LogP contribution in [0.2, 0.25) is 0 Å². The molecule has 0 saturated heterocycles. The van der Waals surface area contributed by atoms with Gasteiger partial charge in [-0.25, -0.2) is 0 Å². The van der Waals surface area contributed by atoms with Crippen molar-refractivity contribution in [3.8, 4) is 0 Å². The first-order chi connectivity index (χ1) is 9.97. The number of carbonyl (C=O) groups excluding carboxylic acids is 1. The summed E-state index contributed by atoms with van der Waals surface area (Å²) in [7, 11) is 0.302. The summed E-state index contributed by atoms with van der Waals surface area (Å²) in [5.74, 6) is -0.260. The third-order valence-corrected chi connectivity index (χ3v) is 4.82. The molecule has 0 aromatic heterocycles. The van der Waals surface area contributed by atoms with Gasteiger partial charge in [0.15, 0.2) is 0 Å². The first kappa shape index (κ1) is 15.7. The van der Waals surface area contributed by atoms with Crippen LogP contribution < -0.4 is 10.6 Å². The molecule has 0 aliphatic carbocycles. The van der Waals surface area contributed by atoms with E-state index in [2.05, 4.69) is 15.9 Å². The number of nitrogen functional groups attached to an aromatic ring is 1. The molecule has 0 saturated carbocycles. The number of nitrogens with two attached hydrogens (primary N) is 1. The highest BCUT2D eigenvalue weighted by Gasteiger charge is 2.15. The van der Waals surface area contributed by atoms with E-state index in [1.807, 2.05) is 0 Å². The Hall–Kier alpha value is -1.66. The molecule has 6 heteroatoms. The zero-order valence-corrected chi connectivity index (χ0v) is 13.9. The molecule has 2 aromatic carbocycles. The molecule has 1 unspecified atom stereocenters. The molecule has 0 fully saturated rings. The van der Waals surface area contributed by atoms with Crippen molar-refractivity contribution >= 4 is 44.0 Å². The lowest BCUT2D eigenvalue weighted by Gasteiger charge is -2.17. The molecule has 0 radical (unpaired) electrons. The van der Waals surface area contributed by atoms with Crippen molar-refractivity contribution in [3.05, 3.63) is 53.0 Å². The lowest BCUT2D eigenvalue weighted by Crippen LogP contribution is -2.30. The van der Waals surface area contributed by atoms with Crippen LogP contribution in [-0.2, 0) is 15.6 Å². The molecule has 4 nitrogen and oxygen atoms in total. The van der Waals surface area contributed by atoms with E-state index in [1.165, 1.54) is 4.90 Å². The molecule has 1 amide bonds. The Kier molecular flexibility index (Phi) is 5.14. The van der Waals surface area contributed by atoms with Gasteiger partial charge in [-0.2, -0.15) is 0 Å². The third kappa shape index (κ3) is 4.15. The fraction of sp³-hybridized carbons (Fsp3) is 0.133. The molecular formula is C15H15BrN2O2S. The molecule has 0 aliphatic rings. The lowest BCUT2D eigenvalue weighted by atomic mass is 10.2. The molecule has 0 bridgehead atoms. The van der Waals surface area contributed by atoms with Gasteiger partial charge in [-0.3, -0.25) is 9.00 Å². The number of amides is 1. The van der Waals surface area contributed by atoms with Gasteiger partial charge in [0.2, 0.25) is 5.91 Å². The van der Waals surface area contributed by atoms with E-state index in [1.54, 1.807) is 55.6 Å². The maximum absolute atomic E-state index is 12.2. The van der Waals surface area contributed by atoms with Crippen molar-refractivity contribution in [1.29, 1.82) is 0 Å². The number of hydrogen-bond donors (Lipinski definition) is 1. The maximum atomic E-state index is 12.2. The van der Waals surface area contributed by atoms with Gasteiger partial charge in [0, 0.05) is 27.8 Å². The van der Waals surface area contributed by atoms with Crippen molar-refractivity contribution in [1.82, 2.24) is 0 Å². The maximum Gasteiger partial charge on any atom is 0.239 e. The number of carbonyl (C=O) groups is 1. The topological polar surface area (TPSA) is 63.4 Å². The first-order valence-electron chi connectivity index (χ1n) is 6.23. The molecule has 110 valence electrons. The molecule has 21 heavy (non-hydrogen) atoms. The number of benzene rings is 2. The van der Waals surface area contributed by atoms with E-state index >= 15 is 0 Å².